The molecule has 0 spiro atoms. The summed E-state index contributed by atoms with van der Waals surface area (Å²) in [4.78, 5) is 1.43. The van der Waals surface area contributed by atoms with E-state index < -0.39 is 0 Å². The second kappa shape index (κ2) is 4.52. The molecule has 1 aromatic rings. The van der Waals surface area contributed by atoms with E-state index in [1.165, 1.54) is 16.0 Å². The molecular formula is C13H14S. The third kappa shape index (κ3) is 2.10. The summed E-state index contributed by atoms with van der Waals surface area (Å²) in [5.41, 5.74) is 2.89. The van der Waals surface area contributed by atoms with Gasteiger partial charge in [-0.15, -0.1) is 11.8 Å². The minimum atomic E-state index is 1.05. The highest BCUT2D eigenvalue weighted by molar-refractivity contribution is 7.99. The fraction of sp³-hybridized carbons (Fsp3) is 0.231. The van der Waals surface area contributed by atoms with Gasteiger partial charge < -0.3 is 0 Å². The molecule has 0 saturated carbocycles. The Morgan fingerprint density at radius 3 is 2.93 bits per heavy atom. The summed E-state index contributed by atoms with van der Waals surface area (Å²) in [5, 5.41) is 0. The van der Waals surface area contributed by atoms with Gasteiger partial charge in [-0.3, -0.25) is 0 Å². The fourth-order valence-electron chi connectivity index (χ4n) is 1.61. The van der Waals surface area contributed by atoms with E-state index in [0.29, 0.717) is 0 Å². The predicted octanol–water partition coefficient (Wildman–Crippen LogP) is 3.76. The molecule has 0 N–H and O–H groups in total. The Bertz CT molecular complexity index is 375. The van der Waals surface area contributed by atoms with E-state index in [9.17, 15) is 0 Å². The van der Waals surface area contributed by atoms with E-state index in [-0.39, 0.29) is 0 Å². The molecule has 1 heterocycles. The smallest absolute Gasteiger partial charge is 0.0164 e. The minimum Gasteiger partial charge on any atom is -0.122 e. The molecule has 2 rings (SSSR count). The first-order chi connectivity index (χ1) is 6.88. The molecular weight excluding hydrogens is 188 g/mol. The highest BCUT2D eigenvalue weighted by atomic mass is 32.2. The van der Waals surface area contributed by atoms with Crippen molar-refractivity contribution in [3.63, 3.8) is 0 Å². The molecule has 0 saturated heterocycles. The van der Waals surface area contributed by atoms with Crippen LogP contribution in [-0.2, 0) is 6.42 Å². The first-order valence-corrected chi connectivity index (χ1v) is 5.89. The van der Waals surface area contributed by atoms with Crippen LogP contribution in [-0.4, -0.2) is 5.75 Å². The first kappa shape index (κ1) is 9.60. The standard InChI is InChI=1S/C13H14S/c1-11-7-6-9-13-12(11)8-4-2-3-5-10-14-13/h2-7,9H,8,10H2,1H3/b4-2-,5-3-. The van der Waals surface area contributed by atoms with Gasteiger partial charge in [-0.1, -0.05) is 36.4 Å². The van der Waals surface area contributed by atoms with E-state index in [1.54, 1.807) is 0 Å². The van der Waals surface area contributed by atoms with Crippen LogP contribution in [0.2, 0.25) is 0 Å². The third-order valence-electron chi connectivity index (χ3n) is 2.41. The average molecular weight is 202 g/mol. The predicted molar refractivity (Wildman–Crippen MR) is 63.9 cm³/mol. The van der Waals surface area contributed by atoms with Crippen LogP contribution in [0.25, 0.3) is 0 Å². The van der Waals surface area contributed by atoms with Crippen LogP contribution in [0.5, 0.6) is 0 Å². The fourth-order valence-corrected chi connectivity index (χ4v) is 2.59. The number of fused-ring (bicyclic) bond motifs is 1. The number of rotatable bonds is 0. The molecule has 0 fully saturated rings. The van der Waals surface area contributed by atoms with Gasteiger partial charge >= 0.3 is 0 Å². The quantitative estimate of drug-likeness (QED) is 0.617. The van der Waals surface area contributed by atoms with E-state index in [4.69, 9.17) is 0 Å². The Kier molecular flexibility index (Phi) is 3.10. The van der Waals surface area contributed by atoms with Gasteiger partial charge in [0, 0.05) is 10.6 Å². The molecule has 0 bridgehead atoms. The molecule has 14 heavy (non-hydrogen) atoms. The largest absolute Gasteiger partial charge is 0.122 e. The van der Waals surface area contributed by atoms with E-state index >= 15 is 0 Å². The van der Waals surface area contributed by atoms with Gasteiger partial charge in [-0.2, -0.15) is 0 Å². The maximum absolute atomic E-state index is 2.23. The van der Waals surface area contributed by atoms with Gasteiger partial charge in [0.25, 0.3) is 0 Å². The lowest BCUT2D eigenvalue weighted by atomic mass is 10.1. The van der Waals surface area contributed by atoms with Crippen molar-refractivity contribution in [1.82, 2.24) is 0 Å². The highest BCUT2D eigenvalue weighted by Gasteiger charge is 2.04. The molecule has 1 heteroatoms. The van der Waals surface area contributed by atoms with Crippen LogP contribution in [0.15, 0.2) is 47.4 Å². The molecule has 0 atom stereocenters. The summed E-state index contributed by atoms with van der Waals surface area (Å²) >= 11 is 1.92. The van der Waals surface area contributed by atoms with Crippen molar-refractivity contribution >= 4 is 11.8 Å². The van der Waals surface area contributed by atoms with Crippen molar-refractivity contribution in [3.05, 3.63) is 53.6 Å². The summed E-state index contributed by atoms with van der Waals surface area (Å²) in [6.07, 6.45) is 9.77. The molecule has 0 unspecified atom stereocenters. The van der Waals surface area contributed by atoms with E-state index in [0.717, 1.165) is 12.2 Å². The van der Waals surface area contributed by atoms with Crippen LogP contribution in [0.3, 0.4) is 0 Å². The summed E-state index contributed by atoms with van der Waals surface area (Å²) in [6.45, 7) is 2.19. The number of allylic oxidation sites excluding steroid dienone is 3. The maximum Gasteiger partial charge on any atom is 0.0164 e. The number of hydrogen-bond donors (Lipinski definition) is 0. The van der Waals surface area contributed by atoms with Crippen molar-refractivity contribution < 1.29 is 0 Å². The highest BCUT2D eigenvalue weighted by Crippen LogP contribution is 2.26. The van der Waals surface area contributed by atoms with Crippen LogP contribution < -0.4 is 0 Å². The lowest BCUT2D eigenvalue weighted by Crippen LogP contribution is -1.90. The van der Waals surface area contributed by atoms with Crippen LogP contribution in [0.4, 0.5) is 0 Å². The zero-order chi connectivity index (χ0) is 9.80. The lowest BCUT2D eigenvalue weighted by molar-refractivity contribution is 1.13. The Morgan fingerprint density at radius 1 is 1.14 bits per heavy atom. The number of thioether (sulfide) groups is 1. The first-order valence-electron chi connectivity index (χ1n) is 4.91. The summed E-state index contributed by atoms with van der Waals surface area (Å²) in [5.74, 6) is 1.07. The molecule has 1 aliphatic heterocycles. The SMILES string of the molecule is Cc1cccc2c1C/C=C\C=C/CS2. The van der Waals surface area contributed by atoms with Gasteiger partial charge in [0.05, 0.1) is 0 Å². The Balaban J connectivity index is 2.39. The number of hydrogen-bond acceptors (Lipinski definition) is 1. The van der Waals surface area contributed by atoms with Crippen LogP contribution >= 0.6 is 11.8 Å². The molecule has 0 radical (unpaired) electrons. The maximum atomic E-state index is 2.23. The van der Waals surface area contributed by atoms with Crippen molar-refractivity contribution in [1.29, 1.82) is 0 Å². The molecule has 0 aromatic heterocycles. The Labute approximate surface area is 89.7 Å². The van der Waals surface area contributed by atoms with Gasteiger partial charge in [0.1, 0.15) is 0 Å². The van der Waals surface area contributed by atoms with Gasteiger partial charge in [-0.25, -0.2) is 0 Å². The van der Waals surface area contributed by atoms with Crippen LogP contribution in [0.1, 0.15) is 11.1 Å². The zero-order valence-corrected chi connectivity index (χ0v) is 9.18. The molecule has 1 aromatic carbocycles. The van der Waals surface area contributed by atoms with Crippen molar-refractivity contribution in [3.8, 4) is 0 Å². The number of benzene rings is 1. The third-order valence-corrected chi connectivity index (χ3v) is 3.46. The van der Waals surface area contributed by atoms with Crippen molar-refractivity contribution in [2.75, 3.05) is 5.75 Å². The average Bonchev–Trinajstić information content (AvgIpc) is 2.30. The van der Waals surface area contributed by atoms with E-state index in [1.807, 2.05) is 11.8 Å². The Hall–Kier alpha value is -0.950. The molecule has 0 aliphatic carbocycles. The lowest BCUT2D eigenvalue weighted by Gasteiger charge is -2.08. The zero-order valence-electron chi connectivity index (χ0n) is 8.36. The molecule has 0 nitrogen and oxygen atoms in total. The molecule has 0 amide bonds. The second-order valence-corrected chi connectivity index (χ2v) is 4.48. The second-order valence-electron chi connectivity index (χ2n) is 3.42. The normalized spacial score (nSPS) is 20.1. The van der Waals surface area contributed by atoms with Crippen LogP contribution in [0, 0.1) is 6.92 Å². The van der Waals surface area contributed by atoms with Crippen molar-refractivity contribution in [2.45, 2.75) is 18.2 Å². The molecule has 72 valence electrons. The topological polar surface area (TPSA) is 0 Å². The Morgan fingerprint density at radius 2 is 2.00 bits per heavy atom. The molecule has 1 aliphatic rings. The van der Waals surface area contributed by atoms with Gasteiger partial charge in [0.2, 0.25) is 0 Å². The van der Waals surface area contributed by atoms with E-state index in [2.05, 4.69) is 49.4 Å². The minimum absolute atomic E-state index is 1.05. The van der Waals surface area contributed by atoms with Gasteiger partial charge in [-0.05, 0) is 30.5 Å². The van der Waals surface area contributed by atoms with Gasteiger partial charge in [0.15, 0.2) is 0 Å². The summed E-state index contributed by atoms with van der Waals surface area (Å²) < 4.78 is 0. The summed E-state index contributed by atoms with van der Waals surface area (Å²) in [6, 6.07) is 6.56. The monoisotopic (exact) mass is 202 g/mol. The number of aryl methyl sites for hydroxylation is 1. The van der Waals surface area contributed by atoms with Crippen molar-refractivity contribution in [2.24, 2.45) is 0 Å². The summed E-state index contributed by atoms with van der Waals surface area (Å²) in [7, 11) is 0.